The molecule has 0 heterocycles. The van der Waals surface area contributed by atoms with E-state index < -0.39 is 11.8 Å². The van der Waals surface area contributed by atoms with E-state index in [0.717, 1.165) is 0 Å². The summed E-state index contributed by atoms with van der Waals surface area (Å²) in [6, 6.07) is 3.98. The summed E-state index contributed by atoms with van der Waals surface area (Å²) in [6.07, 6.45) is 0.678. The number of urea groups is 1. The van der Waals surface area contributed by atoms with E-state index in [4.69, 9.17) is 11.6 Å². The van der Waals surface area contributed by atoms with Gasteiger partial charge < -0.3 is 10.6 Å². The molecule has 0 aliphatic carbocycles. The largest absolute Gasteiger partial charge is 0.338 e. The first-order valence-electron chi connectivity index (χ1n) is 4.69. The number of halogens is 3. The zero-order valence-corrected chi connectivity index (χ0v) is 10.7. The van der Waals surface area contributed by atoms with Crippen LogP contribution in [0.3, 0.4) is 0 Å². The molecule has 0 unspecified atom stereocenters. The summed E-state index contributed by atoms with van der Waals surface area (Å²) in [6.45, 7) is 0.466. The first-order valence-corrected chi connectivity index (χ1v) is 6.02. The van der Waals surface area contributed by atoms with Gasteiger partial charge in [0.05, 0.1) is 5.69 Å². The summed E-state index contributed by atoms with van der Waals surface area (Å²) in [5, 5.41) is 4.97. The minimum absolute atomic E-state index is 0.145. The first kappa shape index (κ1) is 13.3. The lowest BCUT2D eigenvalue weighted by Crippen LogP contribution is -2.30. The fourth-order valence-corrected chi connectivity index (χ4v) is 1.49. The van der Waals surface area contributed by atoms with Crippen LogP contribution in [0.1, 0.15) is 6.42 Å². The molecule has 0 aliphatic heterocycles. The monoisotopic (exact) mass is 308 g/mol. The van der Waals surface area contributed by atoms with Crippen LogP contribution in [0.4, 0.5) is 14.9 Å². The minimum Gasteiger partial charge on any atom is -0.338 e. The van der Waals surface area contributed by atoms with Gasteiger partial charge >= 0.3 is 6.03 Å². The molecule has 88 valence electrons. The molecule has 0 atom stereocenters. The van der Waals surface area contributed by atoms with E-state index in [2.05, 4.69) is 26.6 Å². The zero-order chi connectivity index (χ0) is 12.0. The number of hydrogen-bond acceptors (Lipinski definition) is 1. The predicted molar refractivity (Wildman–Crippen MR) is 66.5 cm³/mol. The highest BCUT2D eigenvalue weighted by Crippen LogP contribution is 2.18. The summed E-state index contributed by atoms with van der Waals surface area (Å²) in [5.74, 6) is -0.00529. The molecule has 1 aromatic carbocycles. The molecule has 2 amide bonds. The molecule has 1 rings (SSSR count). The van der Waals surface area contributed by atoms with Gasteiger partial charge in [-0.05, 0) is 24.6 Å². The normalized spacial score (nSPS) is 9.94. The van der Waals surface area contributed by atoms with Gasteiger partial charge in [-0.2, -0.15) is 0 Å². The second kappa shape index (κ2) is 6.70. The number of rotatable bonds is 4. The van der Waals surface area contributed by atoms with Crippen LogP contribution in [0, 0.1) is 5.82 Å². The third-order valence-corrected chi connectivity index (χ3v) is 2.54. The topological polar surface area (TPSA) is 41.1 Å². The number of alkyl halides is 1. The maximum atomic E-state index is 13.3. The smallest absolute Gasteiger partial charge is 0.319 e. The number of benzene rings is 1. The van der Waals surface area contributed by atoms with Crippen molar-refractivity contribution >= 4 is 39.2 Å². The second-order valence-corrected chi connectivity index (χ2v) is 4.34. The Morgan fingerprint density at radius 1 is 1.50 bits per heavy atom. The third kappa shape index (κ3) is 4.37. The van der Waals surface area contributed by atoms with Crippen molar-refractivity contribution in [2.45, 2.75) is 6.42 Å². The van der Waals surface area contributed by atoms with Crippen molar-refractivity contribution in [1.29, 1.82) is 0 Å². The van der Waals surface area contributed by atoms with Crippen molar-refractivity contribution < 1.29 is 9.18 Å². The Labute approximate surface area is 106 Å². The summed E-state index contributed by atoms with van der Waals surface area (Å²) in [4.78, 5) is 11.3. The molecule has 1 aromatic rings. The van der Waals surface area contributed by atoms with Gasteiger partial charge in [0.2, 0.25) is 0 Å². The standard InChI is InChI=1S/C10H11BrClFN2O/c11-7-2-3-9(8(13)6-7)15-10(16)14-5-1-4-12/h2-3,6H,1,4-5H2,(H2,14,15,16). The highest BCUT2D eigenvalue weighted by Gasteiger charge is 2.06. The third-order valence-electron chi connectivity index (χ3n) is 1.78. The number of anilines is 1. The molecule has 0 aliphatic rings. The Bertz CT molecular complexity index is 376. The van der Waals surface area contributed by atoms with E-state index >= 15 is 0 Å². The summed E-state index contributed by atoms with van der Waals surface area (Å²) in [5.41, 5.74) is 0.145. The molecular formula is C10H11BrClFN2O. The first-order chi connectivity index (χ1) is 7.63. The van der Waals surface area contributed by atoms with Crippen LogP contribution in [-0.4, -0.2) is 18.5 Å². The molecule has 0 saturated carbocycles. The summed E-state index contributed by atoms with van der Waals surface area (Å²) in [7, 11) is 0. The Kier molecular flexibility index (Phi) is 5.55. The van der Waals surface area contributed by atoms with Crippen LogP contribution in [0.25, 0.3) is 0 Å². The molecule has 0 fully saturated rings. The van der Waals surface area contributed by atoms with Crippen LogP contribution in [-0.2, 0) is 0 Å². The molecule has 0 bridgehead atoms. The van der Waals surface area contributed by atoms with E-state index in [1.807, 2.05) is 0 Å². The van der Waals surface area contributed by atoms with Gasteiger partial charge in [0.25, 0.3) is 0 Å². The molecule has 16 heavy (non-hydrogen) atoms. The quantitative estimate of drug-likeness (QED) is 0.650. The van der Waals surface area contributed by atoms with Crippen LogP contribution in [0.15, 0.2) is 22.7 Å². The van der Waals surface area contributed by atoms with Crippen LogP contribution in [0.2, 0.25) is 0 Å². The van der Waals surface area contributed by atoms with Gasteiger partial charge in [-0.3, -0.25) is 0 Å². The fourth-order valence-electron chi connectivity index (χ4n) is 1.03. The lowest BCUT2D eigenvalue weighted by molar-refractivity contribution is 0.252. The lowest BCUT2D eigenvalue weighted by Gasteiger charge is -2.07. The number of hydrogen-bond donors (Lipinski definition) is 2. The van der Waals surface area contributed by atoms with Gasteiger partial charge in [-0.25, -0.2) is 9.18 Å². The van der Waals surface area contributed by atoms with E-state index in [9.17, 15) is 9.18 Å². The molecular weight excluding hydrogens is 298 g/mol. The van der Waals surface area contributed by atoms with Crippen molar-refractivity contribution in [2.75, 3.05) is 17.7 Å². The fraction of sp³-hybridized carbons (Fsp3) is 0.300. The molecule has 3 nitrogen and oxygen atoms in total. The van der Waals surface area contributed by atoms with Crippen molar-refractivity contribution in [3.05, 3.63) is 28.5 Å². The van der Waals surface area contributed by atoms with E-state index in [0.29, 0.717) is 23.3 Å². The summed E-state index contributed by atoms with van der Waals surface area (Å²) < 4.78 is 13.9. The van der Waals surface area contributed by atoms with Crippen LogP contribution >= 0.6 is 27.5 Å². The van der Waals surface area contributed by atoms with E-state index in [-0.39, 0.29) is 5.69 Å². The molecule has 0 saturated heterocycles. The highest BCUT2D eigenvalue weighted by molar-refractivity contribution is 9.10. The highest BCUT2D eigenvalue weighted by atomic mass is 79.9. The van der Waals surface area contributed by atoms with Crippen molar-refractivity contribution in [2.24, 2.45) is 0 Å². The van der Waals surface area contributed by atoms with E-state index in [1.54, 1.807) is 6.07 Å². The maximum absolute atomic E-state index is 13.3. The van der Waals surface area contributed by atoms with Crippen molar-refractivity contribution in [1.82, 2.24) is 5.32 Å². The minimum atomic E-state index is -0.484. The molecule has 6 heteroatoms. The van der Waals surface area contributed by atoms with Crippen molar-refractivity contribution in [3.8, 4) is 0 Å². The lowest BCUT2D eigenvalue weighted by atomic mass is 10.3. The second-order valence-electron chi connectivity index (χ2n) is 3.05. The average molecular weight is 310 g/mol. The van der Waals surface area contributed by atoms with Gasteiger partial charge in [0.15, 0.2) is 0 Å². The Morgan fingerprint density at radius 2 is 2.25 bits per heavy atom. The Hall–Kier alpha value is -0.810. The molecule has 0 aromatic heterocycles. The Morgan fingerprint density at radius 3 is 2.88 bits per heavy atom. The van der Waals surface area contributed by atoms with Gasteiger partial charge in [0, 0.05) is 16.9 Å². The number of carbonyl (C=O) groups excluding carboxylic acids is 1. The summed E-state index contributed by atoms with van der Waals surface area (Å²) >= 11 is 8.58. The predicted octanol–water partition coefficient (Wildman–Crippen LogP) is 3.34. The number of nitrogens with one attached hydrogen (secondary N) is 2. The zero-order valence-electron chi connectivity index (χ0n) is 8.40. The average Bonchev–Trinajstić information content (AvgIpc) is 2.23. The van der Waals surface area contributed by atoms with Crippen LogP contribution in [0.5, 0.6) is 0 Å². The van der Waals surface area contributed by atoms with E-state index in [1.165, 1.54) is 12.1 Å². The van der Waals surface area contributed by atoms with Gasteiger partial charge in [-0.15, -0.1) is 11.6 Å². The Balaban J connectivity index is 2.49. The maximum Gasteiger partial charge on any atom is 0.319 e. The van der Waals surface area contributed by atoms with Gasteiger partial charge in [0.1, 0.15) is 5.82 Å². The SMILES string of the molecule is O=C(NCCCCl)Nc1ccc(Br)cc1F. The molecule has 0 spiro atoms. The van der Waals surface area contributed by atoms with Crippen molar-refractivity contribution in [3.63, 3.8) is 0 Å². The number of amides is 2. The van der Waals surface area contributed by atoms with Gasteiger partial charge in [-0.1, -0.05) is 15.9 Å². The van der Waals surface area contributed by atoms with Crippen LogP contribution < -0.4 is 10.6 Å². The molecule has 0 radical (unpaired) electrons. The number of carbonyl (C=O) groups is 1. The molecule has 2 N–H and O–H groups in total.